The molecule has 2 aromatic heterocycles. The molecule has 1 fully saturated rings. The number of pyridine rings is 1. The number of amides is 2. The molecule has 3 aromatic rings. The van der Waals surface area contributed by atoms with Gasteiger partial charge in [0.1, 0.15) is 11.5 Å². The number of nitrogens with zero attached hydrogens (tertiary/aromatic N) is 3. The number of hydrogen-bond acceptors (Lipinski definition) is 8. The van der Waals surface area contributed by atoms with Crippen LogP contribution in [0.2, 0.25) is 0 Å². The summed E-state index contributed by atoms with van der Waals surface area (Å²) in [5.74, 6) is -1.58. The van der Waals surface area contributed by atoms with Gasteiger partial charge >= 0.3 is 0 Å². The fourth-order valence-electron chi connectivity index (χ4n) is 5.11. The Labute approximate surface area is 235 Å². The Bertz CT molecular complexity index is 1500. The second-order valence-electron chi connectivity index (χ2n) is 10.2. The Balaban J connectivity index is 1.34. The Morgan fingerprint density at radius 3 is 2.75 bits per heavy atom. The first-order valence-electron chi connectivity index (χ1n) is 13.1. The summed E-state index contributed by atoms with van der Waals surface area (Å²) in [5, 5.41) is 12.5. The van der Waals surface area contributed by atoms with Gasteiger partial charge in [0.05, 0.1) is 16.7 Å². The molecule has 1 aliphatic carbocycles. The first-order valence-corrected chi connectivity index (χ1v) is 13.9. The predicted molar refractivity (Wildman–Crippen MR) is 154 cm³/mol. The molecule has 9 nitrogen and oxygen atoms in total. The van der Waals surface area contributed by atoms with Crippen LogP contribution in [0.5, 0.6) is 0 Å². The maximum atomic E-state index is 14.6. The van der Waals surface area contributed by atoms with E-state index in [1.54, 1.807) is 18.3 Å². The number of aliphatic hydroxyl groups excluding tert-OH is 1. The smallest absolute Gasteiger partial charge is 0.267 e. The van der Waals surface area contributed by atoms with E-state index in [1.165, 1.54) is 35.6 Å². The molecule has 208 valence electrons. The van der Waals surface area contributed by atoms with Crippen LogP contribution in [-0.4, -0.2) is 52.2 Å². The van der Waals surface area contributed by atoms with Gasteiger partial charge in [0.15, 0.2) is 5.82 Å². The molecule has 1 aliphatic heterocycles. The molecule has 0 unspecified atom stereocenters. The van der Waals surface area contributed by atoms with Crippen LogP contribution in [0.25, 0.3) is 5.70 Å². The van der Waals surface area contributed by atoms with Gasteiger partial charge in [-0.1, -0.05) is 6.07 Å². The lowest BCUT2D eigenvalue weighted by molar-refractivity contribution is -0.111. The van der Waals surface area contributed by atoms with E-state index >= 15 is 0 Å². The van der Waals surface area contributed by atoms with Crippen molar-refractivity contribution in [3.05, 3.63) is 80.9 Å². The molecule has 0 bridgehead atoms. The van der Waals surface area contributed by atoms with Crippen LogP contribution in [0.1, 0.15) is 56.5 Å². The monoisotopic (exact) mass is 562 g/mol. The van der Waals surface area contributed by atoms with Gasteiger partial charge < -0.3 is 21.9 Å². The minimum Gasteiger partial charge on any atom is -0.398 e. The quantitative estimate of drug-likeness (QED) is 0.323. The Kier molecular flexibility index (Phi) is 8.06. The number of hydrogen-bond donors (Lipinski definition) is 4. The highest BCUT2D eigenvalue weighted by molar-refractivity contribution is 7.14. The maximum Gasteiger partial charge on any atom is 0.267 e. The normalized spacial score (nSPS) is 19.9. The molecule has 5 rings (SSSR count). The van der Waals surface area contributed by atoms with Crippen LogP contribution < -0.4 is 16.8 Å². The number of anilines is 1. The lowest BCUT2D eigenvalue weighted by atomic mass is 9.96. The fraction of sp³-hybridized carbons (Fsp3) is 0.310. The van der Waals surface area contributed by atoms with E-state index in [4.69, 9.17) is 11.5 Å². The van der Waals surface area contributed by atoms with Crippen LogP contribution in [0, 0.1) is 5.82 Å². The Morgan fingerprint density at radius 2 is 2.05 bits per heavy atom. The van der Waals surface area contributed by atoms with Gasteiger partial charge in [0, 0.05) is 22.8 Å². The highest BCUT2D eigenvalue weighted by Crippen LogP contribution is 2.32. The first-order chi connectivity index (χ1) is 19.2. The number of thiophene rings is 1. The van der Waals surface area contributed by atoms with E-state index in [1.807, 2.05) is 6.07 Å². The van der Waals surface area contributed by atoms with Gasteiger partial charge in [-0.2, -0.15) is 0 Å². The van der Waals surface area contributed by atoms with Crippen molar-refractivity contribution in [2.24, 2.45) is 16.5 Å². The zero-order chi connectivity index (χ0) is 28.4. The Morgan fingerprint density at radius 1 is 1.23 bits per heavy atom. The molecule has 6 N–H and O–H groups in total. The third kappa shape index (κ3) is 6.11. The minimum absolute atomic E-state index is 0.0584. The average Bonchev–Trinajstić information content (AvgIpc) is 3.55. The fourth-order valence-corrected chi connectivity index (χ4v) is 6.21. The number of benzene rings is 1. The van der Waals surface area contributed by atoms with Crippen LogP contribution in [0.15, 0.2) is 53.7 Å². The molecule has 3 heterocycles. The summed E-state index contributed by atoms with van der Waals surface area (Å²) >= 11 is 1.34. The van der Waals surface area contributed by atoms with Crippen LogP contribution >= 0.6 is 11.3 Å². The van der Waals surface area contributed by atoms with E-state index in [9.17, 15) is 19.1 Å². The van der Waals surface area contributed by atoms with Gasteiger partial charge in [-0.15, -0.1) is 11.3 Å². The van der Waals surface area contributed by atoms with Crippen molar-refractivity contribution >= 4 is 46.1 Å². The zero-order valence-electron chi connectivity index (χ0n) is 22.1. The van der Waals surface area contributed by atoms with Crippen molar-refractivity contribution in [1.29, 1.82) is 0 Å². The second-order valence-corrected chi connectivity index (χ2v) is 11.3. The lowest BCUT2D eigenvalue weighted by Crippen LogP contribution is -2.22. The number of aryl methyl sites for hydroxylation is 1. The number of aliphatic imine (C=N–C) groups is 1. The zero-order valence-corrected chi connectivity index (χ0v) is 22.9. The molecular weight excluding hydrogens is 531 g/mol. The summed E-state index contributed by atoms with van der Waals surface area (Å²) in [5.41, 5.74) is 14.1. The molecule has 2 atom stereocenters. The number of aromatic nitrogens is 1. The van der Waals surface area contributed by atoms with Gasteiger partial charge in [0.25, 0.3) is 11.8 Å². The summed E-state index contributed by atoms with van der Waals surface area (Å²) < 4.78 is 14.6. The van der Waals surface area contributed by atoms with Crippen molar-refractivity contribution in [3.8, 4) is 0 Å². The largest absolute Gasteiger partial charge is 0.398 e. The van der Waals surface area contributed by atoms with Crippen molar-refractivity contribution < 1.29 is 19.1 Å². The standard InChI is InChI=1S/C29H31FN6O3S/c1-36-10-2-3-24(36)17-5-9-27(33-15-17)34-23(28(32)38)14-21(31)16-4-7-20(30)22(12-16)35-29(39)26-13-18-11-19(37)6-8-25(18)40-26/h4-5,7,9,12-15,19,24,37H,2-3,6,8,10-11,31H2,1H3,(H2,32,38)(H,35,39)/t19-,24+/m1/s1. The van der Waals surface area contributed by atoms with E-state index in [0.717, 1.165) is 35.4 Å². The summed E-state index contributed by atoms with van der Waals surface area (Å²) in [6.07, 6.45) is 6.71. The number of fused-ring (bicyclic) bond motifs is 1. The van der Waals surface area contributed by atoms with Crippen molar-refractivity contribution in [2.45, 2.75) is 44.2 Å². The molecule has 0 saturated carbocycles. The van der Waals surface area contributed by atoms with Crippen LogP contribution in [0.3, 0.4) is 0 Å². The highest BCUT2D eigenvalue weighted by atomic mass is 32.1. The Hall–Kier alpha value is -3.93. The number of carbonyl (C=O) groups excluding carboxylic acids is 2. The molecule has 40 heavy (non-hydrogen) atoms. The average molecular weight is 563 g/mol. The first kappa shape index (κ1) is 27.6. The summed E-state index contributed by atoms with van der Waals surface area (Å²) in [7, 11) is 2.08. The molecule has 0 spiro atoms. The van der Waals surface area contributed by atoms with E-state index in [-0.39, 0.29) is 17.1 Å². The number of primary amides is 1. The van der Waals surface area contributed by atoms with E-state index in [0.29, 0.717) is 41.6 Å². The van der Waals surface area contributed by atoms with Crippen molar-refractivity contribution in [2.75, 3.05) is 18.9 Å². The highest BCUT2D eigenvalue weighted by Gasteiger charge is 2.23. The number of carbonyl (C=O) groups is 2. The molecular formula is C29H31FN6O3S. The number of nitrogens with two attached hydrogens (primary N) is 2. The number of likely N-dealkylation sites (tertiary alicyclic amines) is 1. The minimum atomic E-state index is -0.799. The van der Waals surface area contributed by atoms with Gasteiger partial charge in [-0.25, -0.2) is 14.4 Å². The molecule has 2 aliphatic rings. The predicted octanol–water partition coefficient (Wildman–Crippen LogP) is 3.71. The molecule has 1 aromatic carbocycles. The van der Waals surface area contributed by atoms with E-state index in [2.05, 4.69) is 27.2 Å². The SMILES string of the molecule is CN1CCC[C@H]1c1ccc(N=C(C=C(N)c2ccc(F)c(NC(=O)c3cc4c(s3)CC[C@@H](O)C4)c2)C(N)=O)nc1. The van der Waals surface area contributed by atoms with E-state index < -0.39 is 23.7 Å². The number of nitrogens with one attached hydrogen (secondary N) is 1. The molecule has 2 amide bonds. The van der Waals surface area contributed by atoms with Gasteiger partial charge in [-0.3, -0.25) is 14.5 Å². The maximum absolute atomic E-state index is 14.6. The molecule has 11 heteroatoms. The van der Waals surface area contributed by atoms with Gasteiger partial charge in [0.2, 0.25) is 0 Å². The molecule has 1 saturated heterocycles. The van der Waals surface area contributed by atoms with Crippen LogP contribution in [-0.2, 0) is 17.6 Å². The summed E-state index contributed by atoms with van der Waals surface area (Å²) in [4.78, 5) is 37.4. The van der Waals surface area contributed by atoms with Crippen molar-refractivity contribution in [3.63, 3.8) is 0 Å². The van der Waals surface area contributed by atoms with Gasteiger partial charge in [-0.05, 0) is 98.8 Å². The van der Waals surface area contributed by atoms with Crippen LogP contribution in [0.4, 0.5) is 15.9 Å². The third-order valence-electron chi connectivity index (χ3n) is 7.28. The number of halogens is 1. The lowest BCUT2D eigenvalue weighted by Gasteiger charge is -2.19. The molecule has 0 radical (unpaired) electrons. The summed E-state index contributed by atoms with van der Waals surface area (Å²) in [6, 6.07) is 9.72. The number of rotatable bonds is 7. The third-order valence-corrected chi connectivity index (χ3v) is 8.52. The summed E-state index contributed by atoms with van der Waals surface area (Å²) in [6.45, 7) is 1.04. The van der Waals surface area contributed by atoms with Crippen molar-refractivity contribution in [1.82, 2.24) is 9.88 Å². The second kappa shape index (κ2) is 11.7. The number of aliphatic hydroxyl groups is 1. The topological polar surface area (TPSA) is 147 Å².